The third-order valence-electron chi connectivity index (χ3n) is 2.01. The minimum Gasteiger partial charge on any atom is -0.256 e. The Balaban J connectivity index is 0.00000128. The van der Waals surface area contributed by atoms with E-state index in [2.05, 4.69) is 4.98 Å². The fourth-order valence-electron chi connectivity index (χ4n) is 1.41. The summed E-state index contributed by atoms with van der Waals surface area (Å²) >= 11 is 0. The molecule has 1 heterocycles. The van der Waals surface area contributed by atoms with E-state index in [1.807, 2.05) is 6.07 Å². The summed E-state index contributed by atoms with van der Waals surface area (Å²) in [6.07, 6.45) is 1.69. The van der Waals surface area contributed by atoms with Crippen LogP contribution in [0.3, 0.4) is 0 Å². The zero-order chi connectivity index (χ0) is 10.9. The number of fused-ring (bicyclic) bond motifs is 1. The maximum atomic E-state index is 10.9. The molecule has 0 aliphatic heterocycles. The molecule has 0 saturated carbocycles. The first-order chi connectivity index (χ1) is 7.04. The van der Waals surface area contributed by atoms with Gasteiger partial charge in [-0.05, 0) is 23.8 Å². The lowest BCUT2D eigenvalue weighted by atomic mass is 10.1. The minimum atomic E-state index is -3.49. The van der Waals surface area contributed by atoms with Crippen molar-refractivity contribution in [3.05, 3.63) is 42.1 Å². The van der Waals surface area contributed by atoms with E-state index < -0.39 is 9.05 Å². The van der Waals surface area contributed by atoms with Crippen LogP contribution in [0.4, 0.5) is 0 Å². The smallest absolute Gasteiger partial charge is 0.236 e. The number of nitrogens with zero attached hydrogens (tertiary/aromatic N) is 1. The second-order valence-electron chi connectivity index (χ2n) is 3.21. The first kappa shape index (κ1) is 13.2. The highest BCUT2D eigenvalue weighted by molar-refractivity contribution is 8.13. The van der Waals surface area contributed by atoms with Crippen molar-refractivity contribution >= 4 is 43.0 Å². The monoisotopic (exact) mass is 277 g/mol. The number of benzene rings is 1. The Morgan fingerprint density at radius 3 is 2.69 bits per heavy atom. The van der Waals surface area contributed by atoms with Crippen molar-refractivity contribution < 1.29 is 8.42 Å². The van der Waals surface area contributed by atoms with Crippen LogP contribution in [-0.4, -0.2) is 13.4 Å². The minimum absolute atomic E-state index is 0. The van der Waals surface area contributed by atoms with Crippen molar-refractivity contribution in [3.8, 4) is 0 Å². The van der Waals surface area contributed by atoms with Gasteiger partial charge in [0.25, 0.3) is 0 Å². The molecule has 0 amide bonds. The van der Waals surface area contributed by atoms with Gasteiger partial charge in [-0.1, -0.05) is 12.1 Å². The predicted molar refractivity (Wildman–Crippen MR) is 67.5 cm³/mol. The molecule has 1 aromatic carbocycles. The molecule has 3 nitrogen and oxygen atoms in total. The lowest BCUT2D eigenvalue weighted by molar-refractivity contribution is 0.609. The first-order valence-electron chi connectivity index (χ1n) is 4.31. The Bertz CT molecular complexity index is 599. The van der Waals surface area contributed by atoms with E-state index in [0.717, 1.165) is 10.9 Å². The van der Waals surface area contributed by atoms with Crippen molar-refractivity contribution in [2.45, 2.75) is 5.75 Å². The molecule has 0 aliphatic rings. The fourth-order valence-corrected chi connectivity index (χ4v) is 2.37. The number of hydrogen-bond donors (Lipinski definition) is 0. The highest BCUT2D eigenvalue weighted by Crippen LogP contribution is 2.16. The standard InChI is InChI=1S/C10H8ClNO2S.ClH/c11-15(13,14)7-8-3-4-10-9(6-8)2-1-5-12-10;/h1-6H,7H2;1H. The van der Waals surface area contributed by atoms with E-state index in [1.165, 1.54) is 0 Å². The molecule has 0 unspecified atom stereocenters. The van der Waals surface area contributed by atoms with Crippen LogP contribution in [-0.2, 0) is 14.8 Å². The zero-order valence-corrected chi connectivity index (χ0v) is 10.5. The van der Waals surface area contributed by atoms with Gasteiger partial charge in [0.1, 0.15) is 0 Å². The first-order valence-corrected chi connectivity index (χ1v) is 6.78. The second-order valence-corrected chi connectivity index (χ2v) is 5.99. The average Bonchev–Trinajstić information content (AvgIpc) is 2.15. The summed E-state index contributed by atoms with van der Waals surface area (Å²) in [5.41, 5.74) is 1.51. The molecule has 0 bridgehead atoms. The Morgan fingerprint density at radius 2 is 2.00 bits per heavy atom. The zero-order valence-electron chi connectivity index (χ0n) is 8.13. The van der Waals surface area contributed by atoms with Crippen LogP contribution in [0.1, 0.15) is 5.56 Å². The number of hydrogen-bond acceptors (Lipinski definition) is 3. The van der Waals surface area contributed by atoms with Gasteiger partial charge in [0.05, 0.1) is 11.3 Å². The lowest BCUT2D eigenvalue weighted by Gasteiger charge is -2.00. The molecule has 86 valence electrons. The Labute approximate surface area is 104 Å². The number of pyridine rings is 1. The maximum Gasteiger partial charge on any atom is 0.236 e. The Kier molecular flexibility index (Phi) is 4.13. The van der Waals surface area contributed by atoms with E-state index in [9.17, 15) is 8.42 Å². The molecule has 0 spiro atoms. The van der Waals surface area contributed by atoms with Gasteiger partial charge in [-0.25, -0.2) is 8.42 Å². The van der Waals surface area contributed by atoms with Crippen LogP contribution in [0, 0.1) is 0 Å². The van der Waals surface area contributed by atoms with Crippen LogP contribution < -0.4 is 0 Å². The van der Waals surface area contributed by atoms with Gasteiger partial charge in [-0.15, -0.1) is 12.4 Å². The average molecular weight is 278 g/mol. The summed E-state index contributed by atoms with van der Waals surface area (Å²) in [7, 11) is 1.68. The Hall–Kier alpha value is -0.840. The van der Waals surface area contributed by atoms with Crippen molar-refractivity contribution in [2.24, 2.45) is 0 Å². The topological polar surface area (TPSA) is 47.0 Å². The number of aromatic nitrogens is 1. The molecule has 2 aromatic rings. The molecule has 1 aromatic heterocycles. The van der Waals surface area contributed by atoms with Gasteiger partial charge < -0.3 is 0 Å². The van der Waals surface area contributed by atoms with Crippen LogP contribution >= 0.6 is 23.1 Å². The molecular formula is C10H9Cl2NO2S. The molecule has 0 atom stereocenters. The van der Waals surface area contributed by atoms with Crippen molar-refractivity contribution in [1.29, 1.82) is 0 Å². The molecule has 6 heteroatoms. The Morgan fingerprint density at radius 1 is 1.25 bits per heavy atom. The van der Waals surface area contributed by atoms with Gasteiger partial charge in [0.2, 0.25) is 9.05 Å². The molecule has 16 heavy (non-hydrogen) atoms. The van der Waals surface area contributed by atoms with Crippen LogP contribution in [0.15, 0.2) is 36.5 Å². The number of rotatable bonds is 2. The van der Waals surface area contributed by atoms with Crippen molar-refractivity contribution in [1.82, 2.24) is 4.98 Å². The molecule has 0 saturated heterocycles. The van der Waals surface area contributed by atoms with Crippen LogP contribution in [0.5, 0.6) is 0 Å². The van der Waals surface area contributed by atoms with Gasteiger partial charge >= 0.3 is 0 Å². The van der Waals surface area contributed by atoms with Crippen LogP contribution in [0.2, 0.25) is 0 Å². The molecule has 0 radical (unpaired) electrons. The predicted octanol–water partition coefficient (Wildman–Crippen LogP) is 2.73. The third-order valence-corrected chi connectivity index (χ3v) is 3.01. The quantitative estimate of drug-likeness (QED) is 0.793. The van der Waals surface area contributed by atoms with Crippen LogP contribution in [0.25, 0.3) is 10.9 Å². The molecular weight excluding hydrogens is 269 g/mol. The maximum absolute atomic E-state index is 10.9. The fraction of sp³-hybridized carbons (Fsp3) is 0.100. The summed E-state index contributed by atoms with van der Waals surface area (Å²) in [6.45, 7) is 0. The van der Waals surface area contributed by atoms with Gasteiger partial charge in [0.15, 0.2) is 0 Å². The summed E-state index contributed by atoms with van der Waals surface area (Å²) < 4.78 is 21.8. The summed E-state index contributed by atoms with van der Waals surface area (Å²) in [5, 5.41) is 0.912. The van der Waals surface area contributed by atoms with E-state index >= 15 is 0 Å². The highest BCUT2D eigenvalue weighted by Gasteiger charge is 2.07. The summed E-state index contributed by atoms with van der Waals surface area (Å²) in [6, 6.07) is 8.97. The summed E-state index contributed by atoms with van der Waals surface area (Å²) in [4.78, 5) is 4.14. The van der Waals surface area contributed by atoms with Gasteiger partial charge in [-0.3, -0.25) is 4.98 Å². The molecule has 0 aliphatic carbocycles. The highest BCUT2D eigenvalue weighted by atomic mass is 35.7. The second kappa shape index (κ2) is 4.99. The van der Waals surface area contributed by atoms with Gasteiger partial charge in [0, 0.05) is 22.3 Å². The normalized spacial score (nSPS) is 11.1. The third kappa shape index (κ3) is 3.33. The van der Waals surface area contributed by atoms with E-state index in [1.54, 1.807) is 30.5 Å². The van der Waals surface area contributed by atoms with E-state index in [-0.39, 0.29) is 18.2 Å². The molecule has 0 N–H and O–H groups in total. The number of halogens is 2. The summed E-state index contributed by atoms with van der Waals surface area (Å²) in [5.74, 6) is -0.153. The van der Waals surface area contributed by atoms with E-state index in [4.69, 9.17) is 10.7 Å². The lowest BCUT2D eigenvalue weighted by Crippen LogP contribution is -1.94. The molecule has 0 fully saturated rings. The molecule has 2 rings (SSSR count). The van der Waals surface area contributed by atoms with Crippen molar-refractivity contribution in [2.75, 3.05) is 0 Å². The largest absolute Gasteiger partial charge is 0.256 e. The SMILES string of the molecule is Cl.O=S(=O)(Cl)Cc1ccc2ncccc2c1. The van der Waals surface area contributed by atoms with E-state index in [0.29, 0.717) is 5.56 Å². The van der Waals surface area contributed by atoms with Gasteiger partial charge in [-0.2, -0.15) is 0 Å². The van der Waals surface area contributed by atoms with Crippen molar-refractivity contribution in [3.63, 3.8) is 0 Å².